The topological polar surface area (TPSA) is 18.5 Å². The van der Waals surface area contributed by atoms with E-state index in [9.17, 15) is 0 Å². The van der Waals surface area contributed by atoms with E-state index in [1.54, 1.807) is 0 Å². The van der Waals surface area contributed by atoms with Gasteiger partial charge < -0.3 is 9.47 Å². The van der Waals surface area contributed by atoms with Gasteiger partial charge in [-0.05, 0) is 41.3 Å². The maximum Gasteiger partial charge on any atom is 0.156 e. The number of benzene rings is 2. The molecule has 2 atom stereocenters. The number of hydrogen-bond donors (Lipinski definition) is 0. The van der Waals surface area contributed by atoms with Crippen LogP contribution in [-0.4, -0.2) is 19.1 Å². The first-order valence-electron chi connectivity index (χ1n) is 10.1. The number of rotatable bonds is 10. The standard InChI is InChI=1S/C24H31Cl3O2/c1-6-16(2)14-29-23-21(26)11-19(12-22(23)27)24(4,5)18-7-9-20(10-8-18)28-15-17(3)13-25/h7-12,16-17H,6,13-15H2,1-5H3/t16-,17+/m0/s1. The predicted molar refractivity (Wildman–Crippen MR) is 125 cm³/mol. The molecule has 0 aliphatic heterocycles. The van der Waals surface area contributed by atoms with Crippen LogP contribution in [0.15, 0.2) is 36.4 Å². The van der Waals surface area contributed by atoms with Crippen LogP contribution in [0.4, 0.5) is 0 Å². The summed E-state index contributed by atoms with van der Waals surface area (Å²) >= 11 is 18.9. The van der Waals surface area contributed by atoms with Gasteiger partial charge in [0.15, 0.2) is 5.75 Å². The SMILES string of the molecule is CC[C@H](C)COc1c(Cl)cc(C(C)(C)c2ccc(OC[C@H](C)CCl)cc2)cc1Cl. The molecule has 160 valence electrons. The highest BCUT2D eigenvalue weighted by atomic mass is 35.5. The summed E-state index contributed by atoms with van der Waals surface area (Å²) in [4.78, 5) is 0. The fourth-order valence-corrected chi connectivity index (χ4v) is 3.50. The summed E-state index contributed by atoms with van der Waals surface area (Å²) in [5.41, 5.74) is 1.91. The molecular formula is C24H31Cl3O2. The lowest BCUT2D eigenvalue weighted by molar-refractivity contribution is 0.257. The van der Waals surface area contributed by atoms with Crippen molar-refractivity contribution >= 4 is 34.8 Å². The van der Waals surface area contributed by atoms with Gasteiger partial charge >= 0.3 is 0 Å². The minimum Gasteiger partial charge on any atom is -0.493 e. The maximum absolute atomic E-state index is 6.52. The summed E-state index contributed by atoms with van der Waals surface area (Å²) in [6, 6.07) is 12.0. The van der Waals surface area contributed by atoms with Gasteiger partial charge in [0.25, 0.3) is 0 Å². The molecule has 0 N–H and O–H groups in total. The molecule has 0 spiro atoms. The highest BCUT2D eigenvalue weighted by Crippen LogP contribution is 2.40. The van der Waals surface area contributed by atoms with E-state index in [2.05, 4.69) is 46.8 Å². The Kier molecular flexibility index (Phi) is 9.00. The third kappa shape index (κ3) is 6.44. The molecule has 0 aliphatic carbocycles. The van der Waals surface area contributed by atoms with Crippen LogP contribution in [0.2, 0.25) is 10.0 Å². The number of hydrogen-bond acceptors (Lipinski definition) is 2. The Morgan fingerprint density at radius 3 is 1.93 bits per heavy atom. The summed E-state index contributed by atoms with van der Waals surface area (Å²) in [6.07, 6.45) is 1.05. The van der Waals surface area contributed by atoms with E-state index in [0.29, 0.717) is 46.7 Å². The van der Waals surface area contributed by atoms with E-state index in [4.69, 9.17) is 44.3 Å². The molecule has 0 saturated carbocycles. The highest BCUT2D eigenvalue weighted by Gasteiger charge is 2.26. The van der Waals surface area contributed by atoms with Crippen LogP contribution >= 0.6 is 34.8 Å². The minimum absolute atomic E-state index is 0.273. The van der Waals surface area contributed by atoms with Crippen molar-refractivity contribution < 1.29 is 9.47 Å². The van der Waals surface area contributed by atoms with Gasteiger partial charge in [0, 0.05) is 17.2 Å². The Morgan fingerprint density at radius 1 is 0.862 bits per heavy atom. The van der Waals surface area contributed by atoms with Gasteiger partial charge in [0.05, 0.1) is 23.3 Å². The van der Waals surface area contributed by atoms with Crippen molar-refractivity contribution in [3.05, 3.63) is 57.6 Å². The Labute approximate surface area is 190 Å². The van der Waals surface area contributed by atoms with Gasteiger partial charge in [-0.1, -0.05) is 76.4 Å². The molecule has 0 saturated heterocycles. The van der Waals surface area contributed by atoms with E-state index in [1.807, 2.05) is 24.3 Å². The highest BCUT2D eigenvalue weighted by molar-refractivity contribution is 6.37. The number of alkyl halides is 1. The summed E-state index contributed by atoms with van der Waals surface area (Å²) in [7, 11) is 0. The minimum atomic E-state index is -0.273. The zero-order valence-corrected chi connectivity index (χ0v) is 20.2. The maximum atomic E-state index is 6.52. The van der Waals surface area contributed by atoms with Crippen LogP contribution < -0.4 is 9.47 Å². The molecule has 2 rings (SSSR count). The first-order valence-corrected chi connectivity index (χ1v) is 11.4. The fraction of sp³-hybridized carbons (Fsp3) is 0.500. The van der Waals surface area contributed by atoms with E-state index >= 15 is 0 Å². The van der Waals surface area contributed by atoms with Crippen molar-refractivity contribution in [3.63, 3.8) is 0 Å². The summed E-state index contributed by atoms with van der Waals surface area (Å²) < 4.78 is 11.7. The molecule has 0 aliphatic rings. The molecular weight excluding hydrogens is 427 g/mol. The van der Waals surface area contributed by atoms with Crippen LogP contribution in [0.3, 0.4) is 0 Å². The van der Waals surface area contributed by atoms with E-state index in [1.165, 1.54) is 0 Å². The van der Waals surface area contributed by atoms with Crippen LogP contribution in [0.5, 0.6) is 11.5 Å². The third-order valence-corrected chi connectivity index (χ3v) is 6.39. The van der Waals surface area contributed by atoms with Crippen molar-refractivity contribution in [2.75, 3.05) is 19.1 Å². The lowest BCUT2D eigenvalue weighted by atomic mass is 9.78. The van der Waals surface area contributed by atoms with Gasteiger partial charge in [0.1, 0.15) is 5.75 Å². The molecule has 2 nitrogen and oxygen atoms in total. The van der Waals surface area contributed by atoms with Crippen molar-refractivity contribution in [1.29, 1.82) is 0 Å². The zero-order valence-electron chi connectivity index (χ0n) is 17.9. The summed E-state index contributed by atoms with van der Waals surface area (Å²) in [6.45, 7) is 11.9. The normalized spacial score (nSPS) is 13.8. The van der Waals surface area contributed by atoms with Gasteiger partial charge in [-0.25, -0.2) is 0 Å². The van der Waals surface area contributed by atoms with E-state index in [0.717, 1.165) is 23.3 Å². The van der Waals surface area contributed by atoms with E-state index < -0.39 is 0 Å². The lowest BCUT2D eigenvalue weighted by Crippen LogP contribution is -2.19. The molecule has 0 bridgehead atoms. The number of ether oxygens (including phenoxy) is 2. The quantitative estimate of drug-likeness (QED) is 0.336. The van der Waals surface area contributed by atoms with Gasteiger partial charge in [-0.2, -0.15) is 0 Å². The molecule has 0 heterocycles. The first-order chi connectivity index (χ1) is 13.7. The lowest BCUT2D eigenvalue weighted by Gasteiger charge is -2.27. The average molecular weight is 458 g/mol. The predicted octanol–water partition coefficient (Wildman–Crippen LogP) is 8.00. The zero-order chi connectivity index (χ0) is 21.6. The second kappa shape index (κ2) is 10.8. The van der Waals surface area contributed by atoms with Crippen molar-refractivity contribution in [2.24, 2.45) is 11.8 Å². The number of halogens is 3. The van der Waals surface area contributed by atoms with Gasteiger partial charge in [-0.3, -0.25) is 0 Å². The van der Waals surface area contributed by atoms with Crippen molar-refractivity contribution in [2.45, 2.75) is 46.5 Å². The second-order valence-corrected chi connectivity index (χ2v) is 9.44. The van der Waals surface area contributed by atoms with Gasteiger partial charge in [0.2, 0.25) is 0 Å². The van der Waals surface area contributed by atoms with Crippen LogP contribution in [0.1, 0.15) is 52.2 Å². The summed E-state index contributed by atoms with van der Waals surface area (Å²) in [5, 5.41) is 1.08. The monoisotopic (exact) mass is 456 g/mol. The fourth-order valence-electron chi connectivity index (χ4n) is 2.82. The Hall–Kier alpha value is -1.09. The molecule has 2 aromatic carbocycles. The average Bonchev–Trinajstić information content (AvgIpc) is 2.71. The molecule has 0 fully saturated rings. The first kappa shape index (κ1) is 24.2. The molecule has 0 aromatic heterocycles. The molecule has 0 radical (unpaired) electrons. The molecule has 0 amide bonds. The van der Waals surface area contributed by atoms with Gasteiger partial charge in [-0.15, -0.1) is 11.6 Å². The molecule has 2 aromatic rings. The Balaban J connectivity index is 2.19. The molecule has 0 unspecified atom stereocenters. The molecule has 29 heavy (non-hydrogen) atoms. The van der Waals surface area contributed by atoms with Crippen molar-refractivity contribution in [3.8, 4) is 11.5 Å². The largest absolute Gasteiger partial charge is 0.493 e. The Bertz CT molecular complexity index is 764. The van der Waals surface area contributed by atoms with Crippen LogP contribution in [0, 0.1) is 11.8 Å². The molecule has 5 heteroatoms. The van der Waals surface area contributed by atoms with Crippen LogP contribution in [-0.2, 0) is 5.41 Å². The third-order valence-electron chi connectivity index (χ3n) is 5.30. The second-order valence-electron chi connectivity index (χ2n) is 8.31. The van der Waals surface area contributed by atoms with Crippen LogP contribution in [0.25, 0.3) is 0 Å². The van der Waals surface area contributed by atoms with E-state index in [-0.39, 0.29) is 5.41 Å². The summed E-state index contributed by atoms with van der Waals surface area (Å²) in [5.74, 6) is 2.75. The Morgan fingerprint density at radius 2 is 1.41 bits per heavy atom. The smallest absolute Gasteiger partial charge is 0.156 e. The van der Waals surface area contributed by atoms with Crippen molar-refractivity contribution in [1.82, 2.24) is 0 Å².